The Morgan fingerprint density at radius 1 is 0.886 bits per heavy atom. The molecule has 0 aliphatic carbocycles. The monoisotopic (exact) mass is 490 g/mol. The standard InChI is InChI=1S/C28H31ClN4O2/c1-35-24-13-9-22(10-14-24)27(21-7-11-23(29)12-8-21)32-19-17-31(18-20-32)15-4-16-33-26-6-3-2-5-25(26)30-28(33)34/h2-3,5-14,27H,4,15-20H2,1H3,(H,30,34). The van der Waals surface area contributed by atoms with Crippen molar-refractivity contribution in [3.8, 4) is 5.75 Å². The number of piperazine rings is 1. The number of methoxy groups -OCH3 is 1. The Bertz CT molecular complexity index is 1310. The van der Waals surface area contributed by atoms with Gasteiger partial charge in [-0.05, 0) is 60.5 Å². The lowest BCUT2D eigenvalue weighted by Gasteiger charge is -2.40. The first-order chi connectivity index (χ1) is 17.1. The molecule has 3 aromatic carbocycles. The average molecular weight is 491 g/mol. The largest absolute Gasteiger partial charge is 0.497 e. The van der Waals surface area contributed by atoms with Crippen LogP contribution in [0.25, 0.3) is 11.0 Å². The van der Waals surface area contributed by atoms with Gasteiger partial charge in [0.25, 0.3) is 0 Å². The number of ether oxygens (including phenoxy) is 1. The lowest BCUT2D eigenvalue weighted by molar-refractivity contribution is 0.108. The summed E-state index contributed by atoms with van der Waals surface area (Å²) in [5.41, 5.74) is 4.35. The summed E-state index contributed by atoms with van der Waals surface area (Å²) in [4.78, 5) is 20.3. The molecule has 0 saturated carbocycles. The maximum absolute atomic E-state index is 12.3. The Labute approximate surface area is 210 Å². The molecule has 6 nitrogen and oxygen atoms in total. The van der Waals surface area contributed by atoms with E-state index in [1.54, 1.807) is 7.11 Å². The van der Waals surface area contributed by atoms with E-state index in [0.29, 0.717) is 0 Å². The summed E-state index contributed by atoms with van der Waals surface area (Å²) in [6, 6.07) is 24.6. The van der Waals surface area contributed by atoms with Gasteiger partial charge in [-0.15, -0.1) is 0 Å². The van der Waals surface area contributed by atoms with Crippen molar-refractivity contribution in [2.24, 2.45) is 0 Å². The van der Waals surface area contributed by atoms with Crippen LogP contribution in [0, 0.1) is 0 Å². The SMILES string of the molecule is COc1ccc(C(c2ccc(Cl)cc2)N2CCN(CCCn3c(=O)[nH]c4ccccc43)CC2)cc1. The number of fused-ring (bicyclic) bond motifs is 1. The minimum Gasteiger partial charge on any atom is -0.497 e. The van der Waals surface area contributed by atoms with Crippen LogP contribution in [-0.2, 0) is 6.54 Å². The number of H-pyrrole nitrogens is 1. The van der Waals surface area contributed by atoms with E-state index < -0.39 is 0 Å². The second-order valence-electron chi connectivity index (χ2n) is 9.06. The molecular formula is C28H31ClN4O2. The molecule has 1 aromatic heterocycles. The first-order valence-electron chi connectivity index (χ1n) is 12.2. The van der Waals surface area contributed by atoms with Gasteiger partial charge in [0.1, 0.15) is 5.75 Å². The summed E-state index contributed by atoms with van der Waals surface area (Å²) in [6.45, 7) is 5.67. The van der Waals surface area contributed by atoms with Gasteiger partial charge in [0.05, 0.1) is 24.2 Å². The van der Waals surface area contributed by atoms with Crippen molar-refractivity contribution in [3.05, 3.63) is 99.4 Å². The number of hydrogen-bond acceptors (Lipinski definition) is 4. The smallest absolute Gasteiger partial charge is 0.326 e. The van der Waals surface area contributed by atoms with Crippen molar-refractivity contribution < 1.29 is 4.74 Å². The Kier molecular flexibility index (Phi) is 7.23. The summed E-state index contributed by atoms with van der Waals surface area (Å²) in [5, 5.41) is 0.751. The van der Waals surface area contributed by atoms with Gasteiger partial charge in [-0.2, -0.15) is 0 Å². The minimum atomic E-state index is -0.0266. The Balaban J connectivity index is 1.23. The number of halogens is 1. The Morgan fingerprint density at radius 3 is 2.23 bits per heavy atom. The molecule has 0 amide bonds. The van der Waals surface area contributed by atoms with E-state index in [2.05, 4.69) is 39.0 Å². The van der Waals surface area contributed by atoms with Crippen LogP contribution in [0.3, 0.4) is 0 Å². The molecule has 2 heterocycles. The molecule has 0 spiro atoms. The molecule has 1 saturated heterocycles. The minimum absolute atomic E-state index is 0.0266. The molecule has 4 aromatic rings. The quantitative estimate of drug-likeness (QED) is 0.386. The number of imidazole rings is 1. The summed E-state index contributed by atoms with van der Waals surface area (Å²) in [5.74, 6) is 0.864. The molecule has 182 valence electrons. The second-order valence-corrected chi connectivity index (χ2v) is 9.49. The molecule has 1 unspecified atom stereocenters. The van der Waals surface area contributed by atoms with Crippen LogP contribution in [-0.4, -0.2) is 59.2 Å². The normalized spacial score (nSPS) is 15.9. The van der Waals surface area contributed by atoms with Crippen molar-refractivity contribution >= 4 is 22.6 Å². The summed E-state index contributed by atoms with van der Waals surface area (Å²) < 4.78 is 7.22. The molecule has 1 atom stereocenters. The van der Waals surface area contributed by atoms with Gasteiger partial charge in [0, 0.05) is 37.7 Å². The van der Waals surface area contributed by atoms with Gasteiger partial charge in [0.2, 0.25) is 0 Å². The van der Waals surface area contributed by atoms with Crippen LogP contribution in [0.15, 0.2) is 77.6 Å². The highest BCUT2D eigenvalue weighted by Crippen LogP contribution is 2.31. The third kappa shape index (κ3) is 5.30. The number of benzene rings is 3. The number of nitrogens with zero attached hydrogens (tertiary/aromatic N) is 3. The van der Waals surface area contributed by atoms with Gasteiger partial charge in [-0.25, -0.2) is 4.79 Å². The van der Waals surface area contributed by atoms with Crippen LogP contribution in [0.4, 0.5) is 0 Å². The van der Waals surface area contributed by atoms with E-state index in [1.165, 1.54) is 11.1 Å². The highest BCUT2D eigenvalue weighted by Gasteiger charge is 2.26. The molecule has 35 heavy (non-hydrogen) atoms. The molecule has 1 aliphatic rings. The van der Waals surface area contributed by atoms with Gasteiger partial charge in [-0.3, -0.25) is 9.47 Å². The molecule has 5 rings (SSSR count). The van der Waals surface area contributed by atoms with E-state index in [4.69, 9.17) is 16.3 Å². The van der Waals surface area contributed by atoms with Crippen molar-refractivity contribution in [1.82, 2.24) is 19.4 Å². The van der Waals surface area contributed by atoms with E-state index in [9.17, 15) is 4.79 Å². The lowest BCUT2D eigenvalue weighted by Crippen LogP contribution is -2.48. The van der Waals surface area contributed by atoms with Gasteiger partial charge >= 0.3 is 5.69 Å². The number of aromatic nitrogens is 2. The molecular weight excluding hydrogens is 460 g/mol. The molecule has 0 radical (unpaired) electrons. The van der Waals surface area contributed by atoms with Crippen LogP contribution < -0.4 is 10.4 Å². The van der Waals surface area contributed by atoms with Gasteiger partial charge < -0.3 is 14.6 Å². The lowest BCUT2D eigenvalue weighted by atomic mass is 9.96. The van der Waals surface area contributed by atoms with Crippen molar-refractivity contribution in [3.63, 3.8) is 0 Å². The predicted molar refractivity (Wildman–Crippen MR) is 141 cm³/mol. The summed E-state index contributed by atoms with van der Waals surface area (Å²) in [6.07, 6.45) is 0.945. The Hall–Kier alpha value is -3.06. The van der Waals surface area contributed by atoms with E-state index in [0.717, 1.165) is 67.5 Å². The van der Waals surface area contributed by atoms with Gasteiger partial charge in [-0.1, -0.05) is 48.0 Å². The number of hydrogen-bond donors (Lipinski definition) is 1. The van der Waals surface area contributed by atoms with E-state index in [1.807, 2.05) is 53.1 Å². The van der Waals surface area contributed by atoms with Crippen LogP contribution in [0.1, 0.15) is 23.6 Å². The topological polar surface area (TPSA) is 53.5 Å². The number of aromatic amines is 1. The second kappa shape index (κ2) is 10.7. The van der Waals surface area contributed by atoms with E-state index >= 15 is 0 Å². The van der Waals surface area contributed by atoms with Gasteiger partial charge in [0.15, 0.2) is 0 Å². The highest BCUT2D eigenvalue weighted by molar-refractivity contribution is 6.30. The fraction of sp³-hybridized carbons (Fsp3) is 0.321. The number of rotatable bonds is 8. The summed E-state index contributed by atoms with van der Waals surface area (Å²) in [7, 11) is 1.69. The highest BCUT2D eigenvalue weighted by atomic mass is 35.5. The fourth-order valence-electron chi connectivity index (χ4n) is 5.07. The zero-order valence-electron chi connectivity index (χ0n) is 20.0. The van der Waals surface area contributed by atoms with E-state index in [-0.39, 0.29) is 11.7 Å². The van der Waals surface area contributed by atoms with Crippen LogP contribution >= 0.6 is 11.6 Å². The predicted octanol–water partition coefficient (Wildman–Crippen LogP) is 4.79. The number of aryl methyl sites for hydroxylation is 1. The van der Waals surface area contributed by atoms with Crippen molar-refractivity contribution in [2.75, 3.05) is 39.8 Å². The maximum Gasteiger partial charge on any atom is 0.326 e. The fourth-order valence-corrected chi connectivity index (χ4v) is 5.20. The molecule has 1 aliphatic heterocycles. The zero-order chi connectivity index (χ0) is 24.2. The zero-order valence-corrected chi connectivity index (χ0v) is 20.7. The molecule has 7 heteroatoms. The summed E-state index contributed by atoms with van der Waals surface area (Å²) >= 11 is 6.17. The first kappa shape index (κ1) is 23.7. The first-order valence-corrected chi connectivity index (χ1v) is 12.5. The van der Waals surface area contributed by atoms with Crippen molar-refractivity contribution in [2.45, 2.75) is 19.0 Å². The molecule has 0 bridgehead atoms. The Morgan fingerprint density at radius 2 is 1.54 bits per heavy atom. The van der Waals surface area contributed by atoms with Crippen molar-refractivity contribution in [1.29, 1.82) is 0 Å². The molecule has 1 fully saturated rings. The third-order valence-electron chi connectivity index (χ3n) is 6.93. The van der Waals surface area contributed by atoms with Crippen LogP contribution in [0.2, 0.25) is 5.02 Å². The number of para-hydroxylation sites is 2. The third-order valence-corrected chi connectivity index (χ3v) is 7.18. The molecule has 1 N–H and O–H groups in total. The average Bonchev–Trinajstić information content (AvgIpc) is 3.21. The number of nitrogens with one attached hydrogen (secondary N) is 1. The maximum atomic E-state index is 12.3. The van der Waals surface area contributed by atoms with Crippen LogP contribution in [0.5, 0.6) is 5.75 Å².